The SMILES string of the molecule is CCOC(=O)c1cc(CC)sc1NC(=O)COc1cccnc1[N+](=O)[O-]. The fourth-order valence-electron chi connectivity index (χ4n) is 2.01. The van der Waals surface area contributed by atoms with Crippen molar-refractivity contribution in [2.75, 3.05) is 18.5 Å². The van der Waals surface area contributed by atoms with Gasteiger partial charge in [-0.05, 0) is 41.5 Å². The van der Waals surface area contributed by atoms with Crippen LogP contribution in [-0.4, -0.2) is 35.0 Å². The van der Waals surface area contributed by atoms with Gasteiger partial charge in [0.2, 0.25) is 5.75 Å². The summed E-state index contributed by atoms with van der Waals surface area (Å²) in [6.45, 7) is 3.38. The molecule has 0 spiro atoms. The lowest BCUT2D eigenvalue weighted by atomic mass is 10.2. The van der Waals surface area contributed by atoms with E-state index in [9.17, 15) is 19.7 Å². The van der Waals surface area contributed by atoms with E-state index < -0.39 is 29.2 Å². The van der Waals surface area contributed by atoms with Crippen molar-refractivity contribution >= 4 is 34.0 Å². The van der Waals surface area contributed by atoms with E-state index in [2.05, 4.69) is 10.3 Å². The molecule has 138 valence electrons. The minimum Gasteiger partial charge on any atom is -0.476 e. The number of nitro groups is 1. The summed E-state index contributed by atoms with van der Waals surface area (Å²) < 4.78 is 10.2. The number of aromatic nitrogens is 1. The highest BCUT2D eigenvalue weighted by Gasteiger charge is 2.20. The number of nitrogens with one attached hydrogen (secondary N) is 1. The Morgan fingerprint density at radius 3 is 2.81 bits per heavy atom. The molecule has 0 aromatic carbocycles. The van der Waals surface area contributed by atoms with E-state index in [1.807, 2.05) is 6.92 Å². The average molecular weight is 379 g/mol. The van der Waals surface area contributed by atoms with Crippen molar-refractivity contribution in [2.45, 2.75) is 20.3 Å². The van der Waals surface area contributed by atoms with Gasteiger partial charge in [-0.1, -0.05) is 6.92 Å². The second-order valence-electron chi connectivity index (χ2n) is 4.95. The molecular formula is C16H17N3O6S. The zero-order valence-electron chi connectivity index (χ0n) is 14.2. The van der Waals surface area contributed by atoms with Crippen molar-refractivity contribution in [2.24, 2.45) is 0 Å². The lowest BCUT2D eigenvalue weighted by Gasteiger charge is -2.07. The number of amides is 1. The standard InChI is InChI=1S/C16H17N3O6S/c1-3-10-8-11(16(21)24-4-2)15(26-10)18-13(20)9-25-12-6-5-7-17-14(12)19(22)23/h5-8H,3-4,9H2,1-2H3,(H,18,20). The fraction of sp³-hybridized carbons (Fsp3) is 0.312. The average Bonchev–Trinajstić information content (AvgIpc) is 3.03. The van der Waals surface area contributed by atoms with Gasteiger partial charge < -0.3 is 24.9 Å². The summed E-state index contributed by atoms with van der Waals surface area (Å²) in [7, 11) is 0. The zero-order valence-corrected chi connectivity index (χ0v) is 15.0. The first-order chi connectivity index (χ1) is 12.5. The van der Waals surface area contributed by atoms with Crippen LogP contribution in [0, 0.1) is 10.1 Å². The maximum atomic E-state index is 12.1. The fourth-order valence-corrected chi connectivity index (χ4v) is 3.01. The first-order valence-electron chi connectivity index (χ1n) is 7.78. The van der Waals surface area contributed by atoms with Crippen molar-refractivity contribution in [3.8, 4) is 5.75 Å². The number of thiophene rings is 1. The molecule has 0 saturated heterocycles. The van der Waals surface area contributed by atoms with E-state index in [0.29, 0.717) is 11.4 Å². The van der Waals surface area contributed by atoms with Crippen LogP contribution in [-0.2, 0) is 16.0 Å². The highest BCUT2D eigenvalue weighted by Crippen LogP contribution is 2.29. The monoisotopic (exact) mass is 379 g/mol. The number of carbonyl (C=O) groups excluding carboxylic acids is 2. The van der Waals surface area contributed by atoms with Gasteiger partial charge in [-0.25, -0.2) is 4.79 Å². The molecule has 2 aromatic rings. The van der Waals surface area contributed by atoms with Crippen LogP contribution in [0.4, 0.5) is 10.8 Å². The third-order valence-corrected chi connectivity index (χ3v) is 4.36. The maximum Gasteiger partial charge on any atom is 0.406 e. The Bertz CT molecular complexity index is 820. The van der Waals surface area contributed by atoms with Crippen LogP contribution in [0.15, 0.2) is 24.4 Å². The van der Waals surface area contributed by atoms with E-state index >= 15 is 0 Å². The van der Waals surface area contributed by atoms with Crippen LogP contribution in [0.3, 0.4) is 0 Å². The molecule has 0 radical (unpaired) electrons. The van der Waals surface area contributed by atoms with Crippen LogP contribution < -0.4 is 10.1 Å². The summed E-state index contributed by atoms with van der Waals surface area (Å²) in [4.78, 5) is 38.8. The van der Waals surface area contributed by atoms with Crippen LogP contribution in [0.25, 0.3) is 0 Å². The molecule has 9 nitrogen and oxygen atoms in total. The number of esters is 1. The number of hydrogen-bond acceptors (Lipinski definition) is 8. The first-order valence-corrected chi connectivity index (χ1v) is 8.59. The van der Waals surface area contributed by atoms with Crippen molar-refractivity contribution in [3.05, 3.63) is 45.0 Å². The normalized spacial score (nSPS) is 10.2. The summed E-state index contributed by atoms with van der Waals surface area (Å²) in [5, 5.41) is 13.8. The van der Waals surface area contributed by atoms with Crippen LogP contribution >= 0.6 is 11.3 Å². The van der Waals surface area contributed by atoms with Gasteiger partial charge in [0.1, 0.15) is 11.2 Å². The summed E-state index contributed by atoms with van der Waals surface area (Å²) in [5.41, 5.74) is 0.273. The Hall–Kier alpha value is -3.01. The molecule has 1 N–H and O–H groups in total. The number of aryl methyl sites for hydroxylation is 1. The van der Waals surface area contributed by atoms with Gasteiger partial charge in [-0.3, -0.25) is 4.79 Å². The van der Waals surface area contributed by atoms with Crippen molar-refractivity contribution < 1.29 is 24.0 Å². The zero-order chi connectivity index (χ0) is 19.1. The molecule has 0 fully saturated rings. The molecule has 10 heteroatoms. The summed E-state index contributed by atoms with van der Waals surface area (Å²) >= 11 is 1.26. The lowest BCUT2D eigenvalue weighted by Crippen LogP contribution is -2.21. The number of carbonyl (C=O) groups is 2. The Morgan fingerprint density at radius 2 is 2.15 bits per heavy atom. The van der Waals surface area contributed by atoms with Gasteiger partial charge in [0.05, 0.1) is 12.2 Å². The minimum atomic E-state index is -0.696. The Morgan fingerprint density at radius 1 is 1.38 bits per heavy atom. The Labute approximate surface area is 153 Å². The number of nitrogens with zero attached hydrogens (tertiary/aromatic N) is 2. The number of ether oxygens (including phenoxy) is 2. The van der Waals surface area contributed by atoms with Gasteiger partial charge in [-0.15, -0.1) is 11.3 Å². The van der Waals surface area contributed by atoms with Gasteiger partial charge >= 0.3 is 11.8 Å². The Balaban J connectivity index is 2.07. The quantitative estimate of drug-likeness (QED) is 0.425. The predicted molar refractivity (Wildman–Crippen MR) is 94.7 cm³/mol. The highest BCUT2D eigenvalue weighted by atomic mass is 32.1. The van der Waals surface area contributed by atoms with E-state index in [0.717, 1.165) is 4.88 Å². The molecule has 0 saturated carbocycles. The Kier molecular flexibility index (Phi) is 6.61. The number of anilines is 1. The third-order valence-electron chi connectivity index (χ3n) is 3.16. The molecule has 26 heavy (non-hydrogen) atoms. The molecule has 0 bridgehead atoms. The van der Waals surface area contributed by atoms with Crippen LogP contribution in [0.5, 0.6) is 5.75 Å². The second-order valence-corrected chi connectivity index (χ2v) is 6.09. The van der Waals surface area contributed by atoms with E-state index in [1.165, 1.54) is 29.7 Å². The van der Waals surface area contributed by atoms with Gasteiger partial charge in [0.15, 0.2) is 6.61 Å². The topological polar surface area (TPSA) is 121 Å². The van der Waals surface area contributed by atoms with E-state index in [4.69, 9.17) is 9.47 Å². The van der Waals surface area contributed by atoms with Gasteiger partial charge in [-0.2, -0.15) is 0 Å². The summed E-state index contributed by atoms with van der Waals surface area (Å²) in [6, 6.07) is 4.49. The van der Waals surface area contributed by atoms with E-state index in [-0.39, 0.29) is 17.9 Å². The number of hydrogen-bond donors (Lipinski definition) is 1. The number of pyridine rings is 1. The molecule has 1 amide bonds. The third kappa shape index (κ3) is 4.76. The minimum absolute atomic E-state index is 0.112. The molecule has 2 aromatic heterocycles. The molecule has 2 heterocycles. The summed E-state index contributed by atoms with van der Waals surface area (Å²) in [6.07, 6.45) is 1.96. The lowest BCUT2D eigenvalue weighted by molar-refractivity contribution is -0.390. The maximum absolute atomic E-state index is 12.1. The van der Waals surface area contributed by atoms with Crippen LogP contribution in [0.1, 0.15) is 29.1 Å². The first kappa shape index (κ1) is 19.3. The smallest absolute Gasteiger partial charge is 0.406 e. The van der Waals surface area contributed by atoms with Gasteiger partial charge in [0.25, 0.3) is 5.91 Å². The molecule has 0 aliphatic rings. The van der Waals surface area contributed by atoms with E-state index in [1.54, 1.807) is 13.0 Å². The van der Waals surface area contributed by atoms with Crippen LogP contribution in [0.2, 0.25) is 0 Å². The van der Waals surface area contributed by atoms with Crippen molar-refractivity contribution in [3.63, 3.8) is 0 Å². The largest absolute Gasteiger partial charge is 0.476 e. The molecule has 0 aliphatic heterocycles. The highest BCUT2D eigenvalue weighted by molar-refractivity contribution is 7.16. The predicted octanol–water partition coefficient (Wildman–Crippen LogP) is 2.81. The molecule has 0 aliphatic carbocycles. The molecule has 0 atom stereocenters. The number of rotatable bonds is 8. The van der Waals surface area contributed by atoms with Crippen molar-refractivity contribution in [1.29, 1.82) is 0 Å². The molecule has 2 rings (SSSR count). The molecule has 0 unspecified atom stereocenters. The van der Waals surface area contributed by atoms with Crippen molar-refractivity contribution in [1.82, 2.24) is 4.98 Å². The summed E-state index contributed by atoms with van der Waals surface area (Å²) in [5.74, 6) is -1.67. The van der Waals surface area contributed by atoms with Gasteiger partial charge in [0, 0.05) is 4.88 Å². The molecular weight excluding hydrogens is 362 g/mol. The second kappa shape index (κ2) is 8.90.